The number of likely N-dealkylation sites (tertiary alicyclic amines) is 1. The number of hydrogen-bond donors (Lipinski definition) is 2. The molecule has 2 unspecified atom stereocenters. The maximum atomic E-state index is 12.0. The minimum atomic E-state index is -0.900. The van der Waals surface area contributed by atoms with E-state index in [0.717, 1.165) is 0 Å². The molecule has 0 bridgehead atoms. The van der Waals surface area contributed by atoms with E-state index in [9.17, 15) is 14.4 Å². The fourth-order valence-corrected chi connectivity index (χ4v) is 2.13. The molecule has 2 N–H and O–H groups in total. The van der Waals surface area contributed by atoms with Gasteiger partial charge >= 0.3 is 12.0 Å². The lowest BCUT2D eigenvalue weighted by Crippen LogP contribution is -2.50. The first-order valence-electron chi connectivity index (χ1n) is 6.75. The van der Waals surface area contributed by atoms with Crippen LogP contribution in [0.5, 0.6) is 0 Å². The number of likely N-dealkylation sites (N-methyl/N-ethyl adjacent to an activating group) is 1. The summed E-state index contributed by atoms with van der Waals surface area (Å²) in [5.74, 6) is -1.07. The van der Waals surface area contributed by atoms with Gasteiger partial charge in [0.2, 0.25) is 5.91 Å². The molecule has 0 aromatic rings. The van der Waals surface area contributed by atoms with Gasteiger partial charge in [0, 0.05) is 26.7 Å². The molecule has 3 amide bonds. The summed E-state index contributed by atoms with van der Waals surface area (Å²) in [6.45, 7) is 6.23. The summed E-state index contributed by atoms with van der Waals surface area (Å²) in [4.78, 5) is 38.0. The maximum Gasteiger partial charge on any atom is 0.318 e. The number of rotatable bonds is 4. The van der Waals surface area contributed by atoms with E-state index in [1.165, 1.54) is 9.80 Å². The summed E-state index contributed by atoms with van der Waals surface area (Å²) in [6, 6.07) is -1.01. The van der Waals surface area contributed by atoms with Crippen LogP contribution < -0.4 is 5.32 Å². The molecule has 1 aliphatic heterocycles. The number of carbonyl (C=O) groups excluding carboxylic acids is 2. The second-order valence-corrected chi connectivity index (χ2v) is 5.56. The fraction of sp³-hybridized carbons (Fsp3) is 0.769. The Bertz CT molecular complexity index is 412. The molecule has 0 aromatic carbocycles. The van der Waals surface area contributed by atoms with E-state index in [2.05, 4.69) is 5.32 Å². The molecule has 0 saturated carbocycles. The standard InChI is InChI=1S/C13H23N3O4/c1-5-15(4)10(17)9(2)14-12(20)16-7-6-13(3,8-16)11(18)19/h9H,5-8H2,1-4H3,(H,14,20)(H,18,19). The van der Waals surface area contributed by atoms with E-state index in [1.54, 1.807) is 20.9 Å². The zero-order valence-electron chi connectivity index (χ0n) is 12.5. The average Bonchev–Trinajstić information content (AvgIpc) is 2.81. The summed E-state index contributed by atoms with van der Waals surface area (Å²) in [7, 11) is 1.67. The van der Waals surface area contributed by atoms with Crippen molar-refractivity contribution in [2.24, 2.45) is 5.41 Å². The number of hydrogen-bond acceptors (Lipinski definition) is 3. The number of carbonyl (C=O) groups is 3. The summed E-state index contributed by atoms with van der Waals surface area (Å²) >= 11 is 0. The second kappa shape index (κ2) is 6.11. The van der Waals surface area contributed by atoms with Crippen molar-refractivity contribution in [2.75, 3.05) is 26.7 Å². The van der Waals surface area contributed by atoms with E-state index in [-0.39, 0.29) is 18.5 Å². The van der Waals surface area contributed by atoms with Crippen LogP contribution in [0.25, 0.3) is 0 Å². The van der Waals surface area contributed by atoms with Gasteiger partial charge in [0.25, 0.3) is 0 Å². The largest absolute Gasteiger partial charge is 0.481 e. The molecule has 1 saturated heterocycles. The Morgan fingerprint density at radius 1 is 1.45 bits per heavy atom. The van der Waals surface area contributed by atoms with E-state index in [4.69, 9.17) is 5.11 Å². The van der Waals surface area contributed by atoms with Gasteiger partial charge in [-0.2, -0.15) is 0 Å². The third-order valence-corrected chi connectivity index (χ3v) is 3.84. The predicted molar refractivity (Wildman–Crippen MR) is 73.2 cm³/mol. The Kier molecular flexibility index (Phi) is 4.97. The van der Waals surface area contributed by atoms with Gasteiger partial charge < -0.3 is 20.2 Å². The topological polar surface area (TPSA) is 90.0 Å². The van der Waals surface area contributed by atoms with E-state index >= 15 is 0 Å². The zero-order valence-corrected chi connectivity index (χ0v) is 12.5. The lowest BCUT2D eigenvalue weighted by molar-refractivity contribution is -0.147. The Labute approximate surface area is 118 Å². The Morgan fingerprint density at radius 3 is 2.50 bits per heavy atom. The summed E-state index contributed by atoms with van der Waals surface area (Å²) in [5.41, 5.74) is -0.898. The smallest absolute Gasteiger partial charge is 0.318 e. The van der Waals surface area contributed by atoms with Gasteiger partial charge in [-0.15, -0.1) is 0 Å². The van der Waals surface area contributed by atoms with Crippen LogP contribution in [0.3, 0.4) is 0 Å². The van der Waals surface area contributed by atoms with Gasteiger partial charge in [0.05, 0.1) is 5.41 Å². The molecule has 1 heterocycles. The normalized spacial score (nSPS) is 23.3. The number of aliphatic carboxylic acids is 1. The Balaban J connectivity index is 2.57. The van der Waals surface area contributed by atoms with Gasteiger partial charge in [-0.05, 0) is 27.2 Å². The molecule has 20 heavy (non-hydrogen) atoms. The summed E-state index contributed by atoms with van der Waals surface area (Å²) < 4.78 is 0. The van der Waals surface area contributed by atoms with E-state index in [0.29, 0.717) is 19.5 Å². The first-order valence-corrected chi connectivity index (χ1v) is 6.75. The highest BCUT2D eigenvalue weighted by Crippen LogP contribution is 2.29. The molecule has 7 heteroatoms. The van der Waals surface area contributed by atoms with Crippen LogP contribution in [0.15, 0.2) is 0 Å². The van der Waals surface area contributed by atoms with Crippen molar-refractivity contribution >= 4 is 17.9 Å². The fourth-order valence-electron chi connectivity index (χ4n) is 2.13. The number of nitrogens with one attached hydrogen (secondary N) is 1. The average molecular weight is 285 g/mol. The molecule has 1 fully saturated rings. The summed E-state index contributed by atoms with van der Waals surface area (Å²) in [6.07, 6.45) is 0.424. The molecule has 0 radical (unpaired) electrons. The third-order valence-electron chi connectivity index (χ3n) is 3.84. The Hall–Kier alpha value is -1.79. The highest BCUT2D eigenvalue weighted by molar-refractivity contribution is 5.87. The van der Waals surface area contributed by atoms with Crippen LogP contribution in [0.4, 0.5) is 4.79 Å². The molecule has 0 aliphatic carbocycles. The van der Waals surface area contributed by atoms with Crippen molar-refractivity contribution in [3.8, 4) is 0 Å². The van der Waals surface area contributed by atoms with Crippen LogP contribution in [-0.2, 0) is 9.59 Å². The zero-order chi connectivity index (χ0) is 15.5. The minimum Gasteiger partial charge on any atom is -0.481 e. The molecule has 114 valence electrons. The van der Waals surface area contributed by atoms with Crippen molar-refractivity contribution in [3.05, 3.63) is 0 Å². The quantitative estimate of drug-likeness (QED) is 0.780. The van der Waals surface area contributed by atoms with Gasteiger partial charge in [-0.3, -0.25) is 9.59 Å². The number of amides is 3. The molecule has 0 aromatic heterocycles. The van der Waals surface area contributed by atoms with Crippen LogP contribution in [0, 0.1) is 5.41 Å². The van der Waals surface area contributed by atoms with Crippen LogP contribution in [0.1, 0.15) is 27.2 Å². The number of carboxylic acid groups (broad SMARTS) is 1. The van der Waals surface area contributed by atoms with Crippen LogP contribution in [-0.4, -0.2) is 65.5 Å². The summed E-state index contributed by atoms with van der Waals surface area (Å²) in [5, 5.41) is 11.7. The predicted octanol–water partition coefficient (Wildman–Crippen LogP) is 0.359. The Morgan fingerprint density at radius 2 is 2.05 bits per heavy atom. The number of urea groups is 1. The van der Waals surface area contributed by atoms with Crippen LogP contribution >= 0.6 is 0 Å². The number of carboxylic acids is 1. The van der Waals surface area contributed by atoms with Crippen molar-refractivity contribution in [3.63, 3.8) is 0 Å². The maximum absolute atomic E-state index is 12.0. The molecular weight excluding hydrogens is 262 g/mol. The lowest BCUT2D eigenvalue weighted by atomic mass is 9.90. The number of nitrogens with zero attached hydrogens (tertiary/aromatic N) is 2. The first-order chi connectivity index (χ1) is 9.21. The van der Waals surface area contributed by atoms with Crippen molar-refractivity contribution < 1.29 is 19.5 Å². The molecule has 1 rings (SSSR count). The SMILES string of the molecule is CCN(C)C(=O)C(C)NC(=O)N1CCC(C)(C(=O)O)C1. The molecular formula is C13H23N3O4. The monoisotopic (exact) mass is 285 g/mol. The van der Waals surface area contributed by atoms with Crippen molar-refractivity contribution in [1.29, 1.82) is 0 Å². The van der Waals surface area contributed by atoms with Gasteiger partial charge in [-0.25, -0.2) is 4.79 Å². The van der Waals surface area contributed by atoms with Crippen molar-refractivity contribution in [2.45, 2.75) is 33.2 Å². The van der Waals surface area contributed by atoms with Gasteiger partial charge in [0.1, 0.15) is 6.04 Å². The third kappa shape index (κ3) is 3.40. The molecule has 7 nitrogen and oxygen atoms in total. The lowest BCUT2D eigenvalue weighted by Gasteiger charge is -2.24. The molecule has 1 aliphatic rings. The molecule has 2 atom stereocenters. The van der Waals surface area contributed by atoms with Crippen molar-refractivity contribution in [1.82, 2.24) is 15.1 Å². The van der Waals surface area contributed by atoms with Gasteiger partial charge in [-0.1, -0.05) is 0 Å². The second-order valence-electron chi connectivity index (χ2n) is 5.56. The highest BCUT2D eigenvalue weighted by atomic mass is 16.4. The molecule has 0 spiro atoms. The van der Waals surface area contributed by atoms with E-state index in [1.807, 2.05) is 6.92 Å². The first kappa shape index (κ1) is 16.3. The van der Waals surface area contributed by atoms with Gasteiger partial charge in [0.15, 0.2) is 0 Å². The minimum absolute atomic E-state index is 0.165. The van der Waals surface area contributed by atoms with Crippen LogP contribution in [0.2, 0.25) is 0 Å². The van der Waals surface area contributed by atoms with E-state index < -0.39 is 17.4 Å². The highest BCUT2D eigenvalue weighted by Gasteiger charge is 2.42.